The Morgan fingerprint density at radius 2 is 1.89 bits per heavy atom. The Kier molecular flexibility index (Phi) is 2.83. The molecule has 2 aromatic heterocycles. The Labute approximate surface area is 114 Å². The number of nitrogens with two attached hydrogens (primary N) is 1. The molecule has 1 aromatic carbocycles. The van der Waals surface area contributed by atoms with Crippen molar-refractivity contribution in [2.75, 3.05) is 12.8 Å². The minimum Gasteiger partial charge on any atom is -0.497 e. The molecule has 2 N–H and O–H groups in total. The number of benzene rings is 1. The molecule has 0 saturated heterocycles. The highest BCUT2D eigenvalue weighted by Crippen LogP contribution is 2.30. The third kappa shape index (κ3) is 2.02. The molecule has 19 heavy (non-hydrogen) atoms. The fourth-order valence-electron chi connectivity index (χ4n) is 1.98. The minimum atomic E-state index is 0.537. The summed E-state index contributed by atoms with van der Waals surface area (Å²) >= 11 is 1.59. The molecule has 0 aliphatic carbocycles. The lowest BCUT2D eigenvalue weighted by molar-refractivity contribution is 0.415. The molecule has 0 saturated carbocycles. The number of hydrogen-bond acceptors (Lipinski definition) is 5. The average Bonchev–Trinajstić information content (AvgIpc) is 2.81. The molecule has 0 spiro atoms. The van der Waals surface area contributed by atoms with Gasteiger partial charge in [0.05, 0.1) is 12.5 Å². The number of methoxy groups -OCH3 is 1. The van der Waals surface area contributed by atoms with E-state index in [1.165, 1.54) is 0 Å². The number of rotatable bonds is 2. The van der Waals surface area contributed by atoms with Crippen LogP contribution in [0.3, 0.4) is 0 Å². The molecule has 0 atom stereocenters. The Bertz CT molecular complexity index is 734. The summed E-state index contributed by atoms with van der Waals surface area (Å²) in [5, 5.41) is 3.01. The third-order valence-electron chi connectivity index (χ3n) is 2.99. The summed E-state index contributed by atoms with van der Waals surface area (Å²) in [6.45, 7) is 2.02. The molecule has 3 rings (SSSR count). The Hall–Kier alpha value is -2.14. The zero-order chi connectivity index (χ0) is 13.4. The second-order valence-electron chi connectivity index (χ2n) is 4.26. The molecule has 5 heteroatoms. The molecule has 3 aromatic rings. The van der Waals surface area contributed by atoms with E-state index >= 15 is 0 Å². The van der Waals surface area contributed by atoms with E-state index in [4.69, 9.17) is 10.5 Å². The normalized spacial score (nSPS) is 10.8. The second kappa shape index (κ2) is 4.51. The third-order valence-corrected chi connectivity index (χ3v) is 3.98. The SMILES string of the molecule is COc1ccc(-c2nc(N)c3c(C)csc3n2)cc1. The molecule has 0 aliphatic rings. The van der Waals surface area contributed by atoms with Crippen molar-refractivity contribution >= 4 is 27.4 Å². The summed E-state index contributed by atoms with van der Waals surface area (Å²) in [5.74, 6) is 1.99. The number of thiophene rings is 1. The van der Waals surface area contributed by atoms with Crippen LogP contribution < -0.4 is 10.5 Å². The molecule has 0 aliphatic heterocycles. The van der Waals surface area contributed by atoms with E-state index in [1.807, 2.05) is 36.6 Å². The fourth-order valence-corrected chi connectivity index (χ4v) is 2.91. The van der Waals surface area contributed by atoms with Crippen LogP contribution in [0, 0.1) is 6.92 Å². The van der Waals surface area contributed by atoms with Gasteiger partial charge in [-0.3, -0.25) is 0 Å². The zero-order valence-electron chi connectivity index (χ0n) is 10.7. The van der Waals surface area contributed by atoms with Crippen LogP contribution in [0.25, 0.3) is 21.6 Å². The predicted octanol–water partition coefficient (Wildman–Crippen LogP) is 3.26. The number of aryl methyl sites for hydroxylation is 1. The van der Waals surface area contributed by atoms with Gasteiger partial charge in [0.25, 0.3) is 0 Å². The van der Waals surface area contributed by atoms with Crippen LogP contribution in [0.15, 0.2) is 29.6 Å². The van der Waals surface area contributed by atoms with E-state index in [0.717, 1.165) is 27.1 Å². The van der Waals surface area contributed by atoms with E-state index in [1.54, 1.807) is 18.4 Å². The van der Waals surface area contributed by atoms with Crippen LogP contribution in [0.2, 0.25) is 0 Å². The summed E-state index contributed by atoms with van der Waals surface area (Å²) < 4.78 is 5.14. The fraction of sp³-hybridized carbons (Fsp3) is 0.143. The van der Waals surface area contributed by atoms with Crippen LogP contribution in [-0.4, -0.2) is 17.1 Å². The zero-order valence-corrected chi connectivity index (χ0v) is 11.5. The largest absolute Gasteiger partial charge is 0.497 e. The molecule has 0 radical (unpaired) electrons. The average molecular weight is 271 g/mol. The number of anilines is 1. The smallest absolute Gasteiger partial charge is 0.163 e. The van der Waals surface area contributed by atoms with E-state index in [-0.39, 0.29) is 0 Å². The van der Waals surface area contributed by atoms with Crippen molar-refractivity contribution in [3.8, 4) is 17.1 Å². The Balaban J connectivity index is 2.14. The van der Waals surface area contributed by atoms with Gasteiger partial charge in [-0.1, -0.05) is 0 Å². The second-order valence-corrected chi connectivity index (χ2v) is 5.12. The predicted molar refractivity (Wildman–Crippen MR) is 78.6 cm³/mol. The first kappa shape index (κ1) is 11.9. The number of nitrogens with zero attached hydrogens (tertiary/aromatic N) is 2. The van der Waals surface area contributed by atoms with Crippen LogP contribution in [0.1, 0.15) is 5.56 Å². The first-order valence-electron chi connectivity index (χ1n) is 5.85. The maximum atomic E-state index is 6.03. The van der Waals surface area contributed by atoms with Gasteiger partial charge in [0.15, 0.2) is 5.82 Å². The van der Waals surface area contributed by atoms with E-state index < -0.39 is 0 Å². The van der Waals surface area contributed by atoms with Crippen molar-refractivity contribution in [1.29, 1.82) is 0 Å². The van der Waals surface area contributed by atoms with Crippen LogP contribution in [-0.2, 0) is 0 Å². The van der Waals surface area contributed by atoms with Gasteiger partial charge in [-0.15, -0.1) is 11.3 Å². The quantitative estimate of drug-likeness (QED) is 0.777. The molecule has 96 valence electrons. The van der Waals surface area contributed by atoms with E-state index in [0.29, 0.717) is 11.6 Å². The van der Waals surface area contributed by atoms with Gasteiger partial charge >= 0.3 is 0 Å². The van der Waals surface area contributed by atoms with Gasteiger partial charge in [-0.25, -0.2) is 9.97 Å². The number of hydrogen-bond donors (Lipinski definition) is 1. The van der Waals surface area contributed by atoms with Crippen LogP contribution in [0.4, 0.5) is 5.82 Å². The number of nitrogen functional groups attached to an aromatic ring is 1. The van der Waals surface area contributed by atoms with Crippen molar-refractivity contribution in [1.82, 2.24) is 9.97 Å². The molecule has 0 fully saturated rings. The topological polar surface area (TPSA) is 61.0 Å². The van der Waals surface area contributed by atoms with Gasteiger partial charge in [-0.2, -0.15) is 0 Å². The maximum absolute atomic E-state index is 6.03. The summed E-state index contributed by atoms with van der Waals surface area (Å²) in [6, 6.07) is 7.64. The Morgan fingerprint density at radius 3 is 2.58 bits per heavy atom. The molecule has 2 heterocycles. The molecular weight excluding hydrogens is 258 g/mol. The lowest BCUT2D eigenvalue weighted by Crippen LogP contribution is -1.96. The lowest BCUT2D eigenvalue weighted by atomic mass is 10.2. The maximum Gasteiger partial charge on any atom is 0.163 e. The Morgan fingerprint density at radius 1 is 1.16 bits per heavy atom. The molecular formula is C14H13N3OS. The van der Waals surface area contributed by atoms with Crippen molar-refractivity contribution in [2.45, 2.75) is 6.92 Å². The van der Waals surface area contributed by atoms with Crippen molar-refractivity contribution < 1.29 is 4.74 Å². The molecule has 0 amide bonds. The monoisotopic (exact) mass is 271 g/mol. The van der Waals surface area contributed by atoms with Crippen molar-refractivity contribution in [3.05, 3.63) is 35.2 Å². The molecule has 0 unspecified atom stereocenters. The summed E-state index contributed by atoms with van der Waals surface area (Å²) in [5.41, 5.74) is 8.08. The van der Waals surface area contributed by atoms with Gasteiger partial charge in [0.2, 0.25) is 0 Å². The number of ether oxygens (including phenoxy) is 1. The summed E-state index contributed by atoms with van der Waals surface area (Å²) in [7, 11) is 1.64. The molecule has 0 bridgehead atoms. The first-order chi connectivity index (χ1) is 9.19. The number of fused-ring (bicyclic) bond motifs is 1. The van der Waals surface area contributed by atoms with Gasteiger partial charge < -0.3 is 10.5 Å². The van der Waals surface area contributed by atoms with E-state index in [9.17, 15) is 0 Å². The first-order valence-corrected chi connectivity index (χ1v) is 6.72. The van der Waals surface area contributed by atoms with Gasteiger partial charge in [0, 0.05) is 5.56 Å². The van der Waals surface area contributed by atoms with Crippen LogP contribution >= 0.6 is 11.3 Å². The van der Waals surface area contributed by atoms with Crippen LogP contribution in [0.5, 0.6) is 5.75 Å². The van der Waals surface area contributed by atoms with E-state index in [2.05, 4.69) is 9.97 Å². The highest BCUT2D eigenvalue weighted by molar-refractivity contribution is 7.17. The minimum absolute atomic E-state index is 0.537. The van der Waals surface area contributed by atoms with Gasteiger partial charge in [0.1, 0.15) is 16.4 Å². The van der Waals surface area contributed by atoms with Gasteiger partial charge in [-0.05, 0) is 42.1 Å². The van der Waals surface area contributed by atoms with Crippen molar-refractivity contribution in [3.63, 3.8) is 0 Å². The highest BCUT2D eigenvalue weighted by atomic mass is 32.1. The summed E-state index contributed by atoms with van der Waals surface area (Å²) in [6.07, 6.45) is 0. The summed E-state index contributed by atoms with van der Waals surface area (Å²) in [4.78, 5) is 9.89. The lowest BCUT2D eigenvalue weighted by Gasteiger charge is -2.04. The number of aromatic nitrogens is 2. The van der Waals surface area contributed by atoms with Crippen molar-refractivity contribution in [2.24, 2.45) is 0 Å². The highest BCUT2D eigenvalue weighted by Gasteiger charge is 2.10. The molecule has 4 nitrogen and oxygen atoms in total. The standard InChI is InChI=1S/C14H13N3OS/c1-8-7-19-14-11(8)12(15)16-13(17-14)9-3-5-10(18-2)6-4-9/h3-7H,1-2H3,(H2,15,16,17).